The van der Waals surface area contributed by atoms with Crippen LogP contribution in [0, 0.1) is 13.8 Å². The lowest BCUT2D eigenvalue weighted by atomic mass is 10.0. The third-order valence-corrected chi connectivity index (χ3v) is 6.70. The molecule has 1 saturated heterocycles. The molecule has 7 heteroatoms. The van der Waals surface area contributed by atoms with Crippen molar-refractivity contribution in [1.29, 1.82) is 0 Å². The van der Waals surface area contributed by atoms with Crippen molar-refractivity contribution in [2.75, 3.05) is 26.7 Å². The molecule has 1 aliphatic heterocycles. The molecule has 0 spiro atoms. The molecule has 0 saturated carbocycles. The molecule has 1 unspecified atom stereocenters. The van der Waals surface area contributed by atoms with Crippen molar-refractivity contribution in [2.45, 2.75) is 52.1 Å². The van der Waals surface area contributed by atoms with Gasteiger partial charge < -0.3 is 10.6 Å². The van der Waals surface area contributed by atoms with Crippen LogP contribution in [0.5, 0.6) is 0 Å². The first kappa shape index (κ1) is 24.1. The molecule has 0 bridgehead atoms. The van der Waals surface area contributed by atoms with Crippen LogP contribution in [0.1, 0.15) is 46.9 Å². The second-order valence-electron chi connectivity index (χ2n) is 7.53. The minimum absolute atomic E-state index is 0. The Hall–Kier alpha value is -1.19. The van der Waals surface area contributed by atoms with Crippen LogP contribution in [0.2, 0.25) is 0 Å². The summed E-state index contributed by atoms with van der Waals surface area (Å²) in [4.78, 5) is 12.9. The van der Waals surface area contributed by atoms with E-state index < -0.39 is 0 Å². The quantitative estimate of drug-likeness (QED) is 0.334. The molecule has 1 atom stereocenters. The van der Waals surface area contributed by atoms with E-state index in [1.807, 2.05) is 7.05 Å². The van der Waals surface area contributed by atoms with E-state index in [4.69, 9.17) is 0 Å². The molecule has 1 aliphatic rings. The molecule has 5 nitrogen and oxygen atoms in total. The number of nitrogens with zero attached hydrogens (tertiary/aromatic N) is 3. The maximum atomic E-state index is 4.51. The molecule has 2 N–H and O–H groups in total. The number of aliphatic imine (C=N–C) groups is 1. The van der Waals surface area contributed by atoms with Gasteiger partial charge in [-0.2, -0.15) is 0 Å². The normalized spacial score (nSPS) is 16.9. The van der Waals surface area contributed by atoms with Crippen molar-refractivity contribution in [3.63, 3.8) is 0 Å². The molecule has 1 aromatic carbocycles. The van der Waals surface area contributed by atoms with E-state index >= 15 is 0 Å². The van der Waals surface area contributed by atoms with Gasteiger partial charge in [0.1, 0.15) is 0 Å². The number of hydrogen-bond donors (Lipinski definition) is 2. The highest BCUT2D eigenvalue weighted by Gasteiger charge is 2.24. The van der Waals surface area contributed by atoms with Crippen LogP contribution in [0.3, 0.4) is 0 Å². The van der Waals surface area contributed by atoms with Crippen molar-refractivity contribution < 1.29 is 0 Å². The number of guanidine groups is 1. The Morgan fingerprint density at radius 3 is 2.52 bits per heavy atom. The molecule has 1 fully saturated rings. The second kappa shape index (κ2) is 11.9. The Balaban J connectivity index is 0.00000300. The maximum Gasteiger partial charge on any atom is 0.191 e. The van der Waals surface area contributed by atoms with Gasteiger partial charge in [0.2, 0.25) is 0 Å². The van der Waals surface area contributed by atoms with Gasteiger partial charge in [0.15, 0.2) is 5.96 Å². The zero-order valence-electron chi connectivity index (χ0n) is 17.9. The van der Waals surface area contributed by atoms with Crippen LogP contribution >= 0.6 is 35.3 Å². The number of halogens is 1. The van der Waals surface area contributed by atoms with E-state index in [9.17, 15) is 0 Å². The van der Waals surface area contributed by atoms with Gasteiger partial charge in [-0.15, -0.1) is 35.3 Å². The number of likely N-dealkylation sites (tertiary alicyclic amines) is 1. The zero-order valence-corrected chi connectivity index (χ0v) is 21.1. The number of nitrogens with one attached hydrogen (secondary N) is 2. The minimum Gasteiger partial charge on any atom is -0.356 e. The van der Waals surface area contributed by atoms with Gasteiger partial charge in [0.25, 0.3) is 0 Å². The van der Waals surface area contributed by atoms with E-state index in [0.717, 1.165) is 55.6 Å². The Bertz CT molecular complexity index is 769. The van der Waals surface area contributed by atoms with E-state index in [1.54, 1.807) is 11.3 Å². The predicted octanol–water partition coefficient (Wildman–Crippen LogP) is 4.31. The summed E-state index contributed by atoms with van der Waals surface area (Å²) in [6, 6.07) is 11.8. The first-order valence-electron chi connectivity index (χ1n) is 10.3. The largest absolute Gasteiger partial charge is 0.356 e. The number of thiazole rings is 1. The van der Waals surface area contributed by atoms with E-state index in [-0.39, 0.29) is 24.0 Å². The fourth-order valence-electron chi connectivity index (χ4n) is 3.86. The molecule has 3 rings (SSSR count). The standard InChI is InChI=1S/C22H33N5S.HI/c1-16-21(28-18(3)25-16)10-13-24-22(23-4)26-20-11-14-27(15-12-20)17(2)19-8-6-5-7-9-19;/h5-9,17,20H,10-15H2,1-4H3,(H2,23,24,26);1H. The number of aryl methyl sites for hydroxylation is 2. The Kier molecular flexibility index (Phi) is 9.85. The summed E-state index contributed by atoms with van der Waals surface area (Å²) < 4.78 is 0. The summed E-state index contributed by atoms with van der Waals surface area (Å²) in [6.07, 6.45) is 3.28. The molecular weight excluding hydrogens is 493 g/mol. The summed E-state index contributed by atoms with van der Waals surface area (Å²) in [5.41, 5.74) is 2.56. The summed E-state index contributed by atoms with van der Waals surface area (Å²) >= 11 is 1.79. The number of rotatable bonds is 6. The topological polar surface area (TPSA) is 52.6 Å². The van der Waals surface area contributed by atoms with Crippen LogP contribution < -0.4 is 10.6 Å². The monoisotopic (exact) mass is 527 g/mol. The molecule has 0 radical (unpaired) electrons. The van der Waals surface area contributed by atoms with Crippen molar-refractivity contribution in [3.05, 3.63) is 51.5 Å². The fourth-order valence-corrected chi connectivity index (χ4v) is 4.80. The van der Waals surface area contributed by atoms with Gasteiger partial charge in [-0.05, 0) is 39.2 Å². The molecule has 29 heavy (non-hydrogen) atoms. The lowest BCUT2D eigenvalue weighted by molar-refractivity contribution is 0.158. The summed E-state index contributed by atoms with van der Waals surface area (Å²) in [6.45, 7) is 9.59. The SMILES string of the molecule is CN=C(NCCc1sc(C)nc1C)NC1CCN(C(C)c2ccccc2)CC1.I. The highest BCUT2D eigenvalue weighted by atomic mass is 127. The van der Waals surface area contributed by atoms with Crippen molar-refractivity contribution >= 4 is 41.3 Å². The van der Waals surface area contributed by atoms with Gasteiger partial charge in [-0.25, -0.2) is 4.98 Å². The van der Waals surface area contributed by atoms with E-state index in [0.29, 0.717) is 12.1 Å². The summed E-state index contributed by atoms with van der Waals surface area (Å²) in [7, 11) is 1.85. The highest BCUT2D eigenvalue weighted by molar-refractivity contribution is 14.0. The van der Waals surface area contributed by atoms with Crippen LogP contribution in [0.4, 0.5) is 0 Å². The average molecular weight is 528 g/mol. The lowest BCUT2D eigenvalue weighted by Gasteiger charge is -2.37. The molecule has 1 aromatic heterocycles. The number of piperidine rings is 1. The molecule has 0 aliphatic carbocycles. The molecule has 160 valence electrons. The van der Waals surface area contributed by atoms with Crippen molar-refractivity contribution in [2.24, 2.45) is 4.99 Å². The second-order valence-corrected chi connectivity index (χ2v) is 8.82. The van der Waals surface area contributed by atoms with Gasteiger partial charge >= 0.3 is 0 Å². The van der Waals surface area contributed by atoms with Crippen LogP contribution in [-0.4, -0.2) is 48.6 Å². The van der Waals surface area contributed by atoms with Crippen LogP contribution in [0.15, 0.2) is 35.3 Å². The zero-order chi connectivity index (χ0) is 19.9. The Morgan fingerprint density at radius 1 is 1.24 bits per heavy atom. The lowest BCUT2D eigenvalue weighted by Crippen LogP contribution is -2.49. The van der Waals surface area contributed by atoms with Gasteiger partial charge in [-0.3, -0.25) is 9.89 Å². The average Bonchev–Trinajstić information content (AvgIpc) is 3.04. The number of aromatic nitrogens is 1. The Labute approximate surface area is 196 Å². The maximum absolute atomic E-state index is 4.51. The number of benzene rings is 1. The van der Waals surface area contributed by atoms with Crippen LogP contribution in [0.25, 0.3) is 0 Å². The highest BCUT2D eigenvalue weighted by Crippen LogP contribution is 2.24. The first-order valence-corrected chi connectivity index (χ1v) is 11.1. The molecule has 0 amide bonds. The van der Waals surface area contributed by atoms with E-state index in [1.165, 1.54) is 10.4 Å². The van der Waals surface area contributed by atoms with Crippen molar-refractivity contribution in [1.82, 2.24) is 20.5 Å². The summed E-state index contributed by atoms with van der Waals surface area (Å²) in [5.74, 6) is 0.911. The third kappa shape index (κ3) is 6.93. The van der Waals surface area contributed by atoms with Gasteiger partial charge in [0, 0.05) is 50.1 Å². The summed E-state index contributed by atoms with van der Waals surface area (Å²) in [5, 5.41) is 8.22. The van der Waals surface area contributed by atoms with Gasteiger partial charge in [0.05, 0.1) is 10.7 Å². The minimum atomic E-state index is 0. The van der Waals surface area contributed by atoms with E-state index in [2.05, 4.69) is 76.6 Å². The third-order valence-electron chi connectivity index (χ3n) is 5.57. The van der Waals surface area contributed by atoms with Crippen LogP contribution in [-0.2, 0) is 6.42 Å². The number of hydrogen-bond acceptors (Lipinski definition) is 4. The van der Waals surface area contributed by atoms with Crippen molar-refractivity contribution in [3.8, 4) is 0 Å². The molecular formula is C22H34IN5S. The molecule has 2 aromatic rings. The molecule has 2 heterocycles. The smallest absolute Gasteiger partial charge is 0.191 e. The van der Waals surface area contributed by atoms with Gasteiger partial charge in [-0.1, -0.05) is 30.3 Å². The predicted molar refractivity (Wildman–Crippen MR) is 135 cm³/mol. The first-order chi connectivity index (χ1) is 13.6. The fraction of sp³-hybridized carbons (Fsp3) is 0.545. The Morgan fingerprint density at radius 2 is 1.93 bits per heavy atom.